The molecule has 122 valence electrons. The maximum atomic E-state index is 5.55. The Morgan fingerprint density at radius 2 is 1.48 bits per heavy atom. The average molecular weight is 374 g/mol. The minimum Gasteiger partial charge on any atom is -0.379 e. The van der Waals surface area contributed by atoms with Gasteiger partial charge in [0.15, 0.2) is 0 Å². The van der Waals surface area contributed by atoms with Gasteiger partial charge in [-0.25, -0.2) is 0 Å². The van der Waals surface area contributed by atoms with Gasteiger partial charge in [0.1, 0.15) is 0 Å². The van der Waals surface area contributed by atoms with Crippen LogP contribution in [-0.2, 0) is 4.74 Å². The van der Waals surface area contributed by atoms with Gasteiger partial charge in [-0.05, 0) is 37.1 Å². The van der Waals surface area contributed by atoms with Gasteiger partial charge >= 0.3 is 0 Å². The summed E-state index contributed by atoms with van der Waals surface area (Å²) in [5, 5.41) is 0. The van der Waals surface area contributed by atoms with Crippen molar-refractivity contribution < 1.29 is 4.74 Å². The van der Waals surface area contributed by atoms with E-state index in [4.69, 9.17) is 4.74 Å². The molecule has 0 aromatic heterocycles. The van der Waals surface area contributed by atoms with Gasteiger partial charge in [0, 0.05) is 29.0 Å². The molecular formula is C20H24BrNO. The summed E-state index contributed by atoms with van der Waals surface area (Å²) in [6, 6.07) is 19.6. The third-order valence-electron chi connectivity index (χ3n) is 4.87. The molecule has 1 heterocycles. The van der Waals surface area contributed by atoms with Crippen molar-refractivity contribution in [3.05, 3.63) is 70.2 Å². The van der Waals surface area contributed by atoms with Gasteiger partial charge in [-0.15, -0.1) is 0 Å². The Balaban J connectivity index is 2.02. The normalized spacial score (nSPS) is 17.9. The van der Waals surface area contributed by atoms with Gasteiger partial charge in [-0.2, -0.15) is 0 Å². The summed E-state index contributed by atoms with van der Waals surface area (Å²) in [4.78, 5) is 2.57. The lowest BCUT2D eigenvalue weighted by Gasteiger charge is -2.46. The third-order valence-corrected chi connectivity index (χ3v) is 5.40. The van der Waals surface area contributed by atoms with Crippen LogP contribution >= 0.6 is 15.9 Å². The van der Waals surface area contributed by atoms with Crippen molar-refractivity contribution in [1.29, 1.82) is 0 Å². The second kappa shape index (κ2) is 7.16. The molecule has 1 saturated heterocycles. The largest absolute Gasteiger partial charge is 0.379 e. The number of rotatable bonds is 4. The Morgan fingerprint density at radius 1 is 0.913 bits per heavy atom. The van der Waals surface area contributed by atoms with E-state index >= 15 is 0 Å². The molecule has 2 nitrogen and oxygen atoms in total. The van der Waals surface area contributed by atoms with Crippen LogP contribution in [0.3, 0.4) is 0 Å². The Bertz CT molecular complexity index is 618. The maximum Gasteiger partial charge on any atom is 0.0594 e. The lowest BCUT2D eigenvalue weighted by molar-refractivity contribution is -0.0154. The highest BCUT2D eigenvalue weighted by molar-refractivity contribution is 9.10. The number of morpholine rings is 1. The van der Waals surface area contributed by atoms with Gasteiger partial charge in [-0.3, -0.25) is 4.90 Å². The van der Waals surface area contributed by atoms with Crippen LogP contribution in [0.4, 0.5) is 0 Å². The summed E-state index contributed by atoms with van der Waals surface area (Å²) in [5.74, 6) is 0.329. The van der Waals surface area contributed by atoms with E-state index in [1.807, 2.05) is 0 Å². The zero-order valence-electron chi connectivity index (χ0n) is 13.8. The van der Waals surface area contributed by atoms with Crippen LogP contribution in [0.1, 0.15) is 30.9 Å². The molecule has 3 rings (SSSR count). The monoisotopic (exact) mass is 373 g/mol. The molecule has 2 aromatic carbocycles. The zero-order chi connectivity index (χ0) is 16.3. The van der Waals surface area contributed by atoms with Gasteiger partial charge < -0.3 is 4.74 Å². The number of benzene rings is 2. The summed E-state index contributed by atoms with van der Waals surface area (Å²) in [7, 11) is 0. The SMILES string of the molecule is CC(C)(C(c1ccccc1)c1ccc(Br)cc1)N1CCOCC1. The topological polar surface area (TPSA) is 12.5 Å². The average Bonchev–Trinajstić information content (AvgIpc) is 2.58. The molecule has 1 aliphatic rings. The molecule has 0 radical (unpaired) electrons. The lowest BCUT2D eigenvalue weighted by Crippen LogP contribution is -2.53. The molecule has 1 atom stereocenters. The molecule has 1 aliphatic heterocycles. The third kappa shape index (κ3) is 3.68. The van der Waals surface area contributed by atoms with Crippen LogP contribution in [0.2, 0.25) is 0 Å². The van der Waals surface area contributed by atoms with Crippen molar-refractivity contribution in [3.63, 3.8) is 0 Å². The van der Waals surface area contributed by atoms with Gasteiger partial charge in [0.2, 0.25) is 0 Å². The van der Waals surface area contributed by atoms with E-state index in [0.29, 0.717) is 5.92 Å². The number of halogens is 1. The molecule has 0 bridgehead atoms. The first-order chi connectivity index (χ1) is 11.1. The standard InChI is InChI=1S/C20H24BrNO/c1-20(2,22-12-14-23-15-13-22)19(16-6-4-3-5-7-16)17-8-10-18(21)11-9-17/h3-11,19H,12-15H2,1-2H3. The van der Waals surface area contributed by atoms with E-state index in [9.17, 15) is 0 Å². The molecule has 3 heteroatoms. The second-order valence-electron chi connectivity index (χ2n) is 6.65. The van der Waals surface area contributed by atoms with Crippen molar-refractivity contribution >= 4 is 15.9 Å². The van der Waals surface area contributed by atoms with E-state index in [2.05, 4.69) is 89.3 Å². The summed E-state index contributed by atoms with van der Waals surface area (Å²) < 4.78 is 6.68. The maximum absolute atomic E-state index is 5.55. The van der Waals surface area contributed by atoms with Crippen LogP contribution in [0, 0.1) is 0 Å². The number of ether oxygens (including phenoxy) is 1. The molecule has 0 amide bonds. The van der Waals surface area contributed by atoms with Crippen molar-refractivity contribution in [2.75, 3.05) is 26.3 Å². The molecule has 0 spiro atoms. The molecule has 2 aromatic rings. The van der Waals surface area contributed by atoms with E-state index in [1.54, 1.807) is 0 Å². The van der Waals surface area contributed by atoms with E-state index in [-0.39, 0.29) is 5.54 Å². The molecule has 0 saturated carbocycles. The minimum absolute atomic E-state index is 0.0267. The van der Waals surface area contributed by atoms with Crippen LogP contribution in [0.15, 0.2) is 59.1 Å². The molecule has 0 N–H and O–H groups in total. The number of hydrogen-bond acceptors (Lipinski definition) is 2. The minimum atomic E-state index is 0.0267. The number of hydrogen-bond donors (Lipinski definition) is 0. The summed E-state index contributed by atoms with van der Waals surface area (Å²) in [5.41, 5.74) is 2.75. The Kier molecular flexibility index (Phi) is 5.20. The first-order valence-electron chi connectivity index (χ1n) is 8.22. The van der Waals surface area contributed by atoms with Crippen LogP contribution in [0.25, 0.3) is 0 Å². The first-order valence-corrected chi connectivity index (χ1v) is 9.01. The molecular weight excluding hydrogens is 350 g/mol. The Morgan fingerprint density at radius 3 is 2.09 bits per heavy atom. The highest BCUT2D eigenvalue weighted by Gasteiger charge is 2.37. The first kappa shape index (κ1) is 16.7. The van der Waals surface area contributed by atoms with Gasteiger partial charge in [-0.1, -0.05) is 58.4 Å². The summed E-state index contributed by atoms with van der Waals surface area (Å²) >= 11 is 3.55. The van der Waals surface area contributed by atoms with E-state index in [1.165, 1.54) is 11.1 Å². The molecule has 0 aliphatic carbocycles. The van der Waals surface area contributed by atoms with Crippen molar-refractivity contribution in [1.82, 2.24) is 4.90 Å². The molecule has 23 heavy (non-hydrogen) atoms. The molecule has 1 unspecified atom stereocenters. The fraction of sp³-hybridized carbons (Fsp3) is 0.400. The second-order valence-corrected chi connectivity index (χ2v) is 7.56. The number of nitrogens with zero attached hydrogens (tertiary/aromatic N) is 1. The van der Waals surface area contributed by atoms with Gasteiger partial charge in [0.05, 0.1) is 13.2 Å². The van der Waals surface area contributed by atoms with Crippen molar-refractivity contribution in [2.45, 2.75) is 25.3 Å². The Labute approximate surface area is 147 Å². The fourth-order valence-corrected chi connectivity index (χ4v) is 3.90. The predicted octanol–water partition coefficient (Wildman–Crippen LogP) is 4.69. The van der Waals surface area contributed by atoms with Crippen LogP contribution in [0.5, 0.6) is 0 Å². The highest BCUT2D eigenvalue weighted by atomic mass is 79.9. The quantitative estimate of drug-likeness (QED) is 0.770. The van der Waals surface area contributed by atoms with E-state index in [0.717, 1.165) is 30.8 Å². The summed E-state index contributed by atoms with van der Waals surface area (Å²) in [6.07, 6.45) is 0. The van der Waals surface area contributed by atoms with Crippen molar-refractivity contribution in [3.8, 4) is 0 Å². The molecule has 1 fully saturated rings. The smallest absolute Gasteiger partial charge is 0.0594 e. The lowest BCUT2D eigenvalue weighted by atomic mass is 9.76. The van der Waals surface area contributed by atoms with Gasteiger partial charge in [0.25, 0.3) is 0 Å². The van der Waals surface area contributed by atoms with Crippen LogP contribution < -0.4 is 0 Å². The fourth-order valence-electron chi connectivity index (χ4n) is 3.63. The Hall–Kier alpha value is -1.16. The summed E-state index contributed by atoms with van der Waals surface area (Å²) in [6.45, 7) is 8.35. The van der Waals surface area contributed by atoms with E-state index < -0.39 is 0 Å². The zero-order valence-corrected chi connectivity index (χ0v) is 15.4. The van der Waals surface area contributed by atoms with Crippen molar-refractivity contribution in [2.24, 2.45) is 0 Å². The van der Waals surface area contributed by atoms with Crippen LogP contribution in [-0.4, -0.2) is 36.7 Å². The predicted molar refractivity (Wildman–Crippen MR) is 98.9 cm³/mol. The highest BCUT2D eigenvalue weighted by Crippen LogP contribution is 2.39.